The lowest BCUT2D eigenvalue weighted by atomic mass is 9.60. The van der Waals surface area contributed by atoms with Crippen LogP contribution in [0.25, 0.3) is 0 Å². The molecule has 1 amide bonds. The van der Waals surface area contributed by atoms with Crippen molar-refractivity contribution in [3.8, 4) is 0 Å². The minimum Gasteiger partial charge on any atom is -0.394 e. The molecule has 1 N–H and O–H groups in total. The van der Waals surface area contributed by atoms with Crippen LogP contribution in [0, 0.1) is 11.7 Å². The minimum atomic E-state index is -0.286. The predicted octanol–water partition coefficient (Wildman–Crippen LogP) is 3.17. The highest BCUT2D eigenvalue weighted by Gasteiger charge is 2.67. The summed E-state index contributed by atoms with van der Waals surface area (Å²) in [7, 11) is 0. The van der Waals surface area contributed by atoms with Gasteiger partial charge in [-0.2, -0.15) is 0 Å². The van der Waals surface area contributed by atoms with Gasteiger partial charge in [0.05, 0.1) is 18.2 Å². The molecule has 0 unspecified atom stereocenters. The molecule has 152 valence electrons. The maximum absolute atomic E-state index is 14.1. The van der Waals surface area contributed by atoms with Crippen LogP contribution in [-0.2, 0) is 11.3 Å². The van der Waals surface area contributed by atoms with Gasteiger partial charge >= 0.3 is 0 Å². The first-order chi connectivity index (χ1) is 14.1. The van der Waals surface area contributed by atoms with E-state index in [1.54, 1.807) is 6.07 Å². The number of carbonyl (C=O) groups excluding carboxylic acids is 1. The van der Waals surface area contributed by atoms with Crippen molar-refractivity contribution in [2.24, 2.45) is 5.92 Å². The summed E-state index contributed by atoms with van der Waals surface area (Å²) in [5.41, 5.74) is 1.58. The van der Waals surface area contributed by atoms with Crippen molar-refractivity contribution in [1.29, 1.82) is 0 Å². The van der Waals surface area contributed by atoms with E-state index < -0.39 is 0 Å². The average Bonchev–Trinajstić information content (AvgIpc) is 3.49. The van der Waals surface area contributed by atoms with E-state index in [9.17, 15) is 14.3 Å². The summed E-state index contributed by atoms with van der Waals surface area (Å²) in [4.78, 5) is 17.3. The third kappa shape index (κ3) is 3.17. The molecule has 0 radical (unpaired) electrons. The first kappa shape index (κ1) is 18.8. The number of likely N-dealkylation sites (tertiary alicyclic amines) is 2. The van der Waals surface area contributed by atoms with Gasteiger partial charge in [-0.15, -0.1) is 0 Å². The molecule has 2 aromatic rings. The lowest BCUT2D eigenvalue weighted by molar-refractivity contribution is -0.202. The van der Waals surface area contributed by atoms with Crippen molar-refractivity contribution in [2.45, 2.75) is 43.3 Å². The number of hydrogen-bond donors (Lipinski definition) is 1. The normalized spacial score (nSPS) is 25.5. The highest BCUT2D eigenvalue weighted by Crippen LogP contribution is 2.54. The van der Waals surface area contributed by atoms with Crippen molar-refractivity contribution in [1.82, 2.24) is 9.80 Å². The fourth-order valence-corrected chi connectivity index (χ4v) is 5.44. The molecule has 2 saturated heterocycles. The van der Waals surface area contributed by atoms with Gasteiger partial charge in [-0.25, -0.2) is 4.39 Å². The number of aliphatic hydroxyl groups is 1. The largest absolute Gasteiger partial charge is 0.394 e. The molecular formula is C24H27FN2O2. The minimum absolute atomic E-state index is 0.0228. The Balaban J connectivity index is 1.39. The van der Waals surface area contributed by atoms with Crippen molar-refractivity contribution >= 4 is 5.91 Å². The number of rotatable bonds is 6. The molecule has 2 aliphatic heterocycles. The quantitative estimate of drug-likeness (QED) is 0.819. The molecule has 3 aliphatic rings. The summed E-state index contributed by atoms with van der Waals surface area (Å²) in [5.74, 6) is 0.624. The second-order valence-corrected chi connectivity index (χ2v) is 8.89. The van der Waals surface area contributed by atoms with Crippen LogP contribution in [0.4, 0.5) is 4.39 Å². The summed E-state index contributed by atoms with van der Waals surface area (Å²) in [6.07, 6.45) is 2.86. The van der Waals surface area contributed by atoms with E-state index in [2.05, 4.69) is 17.0 Å². The first-order valence-corrected chi connectivity index (χ1v) is 10.6. The Kier molecular flexibility index (Phi) is 4.67. The monoisotopic (exact) mass is 394 g/mol. The van der Waals surface area contributed by atoms with E-state index in [0.29, 0.717) is 37.5 Å². The molecule has 0 aromatic heterocycles. The number of hydrogen-bond acceptors (Lipinski definition) is 3. The van der Waals surface area contributed by atoms with Gasteiger partial charge in [-0.1, -0.05) is 48.5 Å². The van der Waals surface area contributed by atoms with Crippen LogP contribution >= 0.6 is 0 Å². The van der Waals surface area contributed by atoms with Gasteiger partial charge < -0.3 is 10.0 Å². The highest BCUT2D eigenvalue weighted by molar-refractivity contribution is 5.80. The summed E-state index contributed by atoms with van der Waals surface area (Å²) in [6, 6.07) is 16.9. The van der Waals surface area contributed by atoms with E-state index in [1.807, 2.05) is 35.2 Å². The summed E-state index contributed by atoms with van der Waals surface area (Å²) < 4.78 is 14.1. The van der Waals surface area contributed by atoms with Gasteiger partial charge in [0, 0.05) is 37.5 Å². The first-order valence-electron chi connectivity index (χ1n) is 10.6. The van der Waals surface area contributed by atoms with E-state index in [1.165, 1.54) is 11.6 Å². The average molecular weight is 394 g/mol. The number of benzene rings is 2. The molecule has 0 bridgehead atoms. The van der Waals surface area contributed by atoms with E-state index >= 15 is 0 Å². The number of nitrogens with zero attached hydrogens (tertiary/aromatic N) is 2. The molecule has 1 aliphatic carbocycles. The molecule has 2 heterocycles. The summed E-state index contributed by atoms with van der Waals surface area (Å²) >= 11 is 0. The van der Waals surface area contributed by atoms with Crippen LogP contribution in [0.15, 0.2) is 54.6 Å². The lowest BCUT2D eigenvalue weighted by Crippen LogP contribution is -2.85. The lowest BCUT2D eigenvalue weighted by Gasteiger charge is -2.70. The zero-order valence-corrected chi connectivity index (χ0v) is 16.5. The molecular weight excluding hydrogens is 367 g/mol. The zero-order chi connectivity index (χ0) is 20.0. The number of halogens is 1. The van der Waals surface area contributed by atoms with E-state index in [4.69, 9.17) is 0 Å². The van der Waals surface area contributed by atoms with Crippen molar-refractivity contribution < 1.29 is 14.3 Å². The Hall–Kier alpha value is -2.24. The van der Waals surface area contributed by atoms with E-state index in [0.717, 1.165) is 12.8 Å². The second kappa shape index (κ2) is 7.22. The number of aliphatic hydroxyl groups excluding tert-OH is 1. The van der Waals surface area contributed by atoms with Crippen molar-refractivity contribution in [3.05, 3.63) is 71.5 Å². The maximum Gasteiger partial charge on any atom is 0.223 e. The van der Waals surface area contributed by atoms with Gasteiger partial charge in [0.25, 0.3) is 0 Å². The topological polar surface area (TPSA) is 43.8 Å². The molecule has 5 rings (SSSR count). The van der Waals surface area contributed by atoms with Crippen LogP contribution in [0.1, 0.15) is 36.3 Å². The smallest absolute Gasteiger partial charge is 0.223 e. The van der Waals surface area contributed by atoms with Gasteiger partial charge in [0.1, 0.15) is 5.82 Å². The fraction of sp³-hybridized carbons (Fsp3) is 0.458. The van der Waals surface area contributed by atoms with Gasteiger partial charge in [-0.05, 0) is 30.4 Å². The van der Waals surface area contributed by atoms with Crippen molar-refractivity contribution in [2.75, 3.05) is 19.7 Å². The van der Waals surface area contributed by atoms with Gasteiger partial charge in [-0.3, -0.25) is 9.69 Å². The molecule has 1 spiro atoms. The van der Waals surface area contributed by atoms with Crippen molar-refractivity contribution in [3.63, 3.8) is 0 Å². The van der Waals surface area contributed by atoms with Gasteiger partial charge in [0.15, 0.2) is 0 Å². The Morgan fingerprint density at radius 3 is 2.41 bits per heavy atom. The molecule has 3 fully saturated rings. The molecule has 5 heteroatoms. The Morgan fingerprint density at radius 2 is 1.76 bits per heavy atom. The number of amides is 1. The standard InChI is InChI=1S/C24H27FN2O2/c25-20-9-5-4-8-19(20)13-26-15-24(16-26)23(18-6-2-1-3-7-18)21(14-28)27(24)22(29)12-17-10-11-17/h1-9,17,21,23,28H,10-16H2/t21-,23-/m1/s1. The molecule has 1 saturated carbocycles. The zero-order valence-electron chi connectivity index (χ0n) is 16.5. The molecule has 4 nitrogen and oxygen atoms in total. The second-order valence-electron chi connectivity index (χ2n) is 8.89. The third-order valence-corrected chi connectivity index (χ3v) is 6.90. The third-order valence-electron chi connectivity index (χ3n) is 6.90. The molecule has 2 atom stereocenters. The maximum atomic E-state index is 14.1. The van der Waals surface area contributed by atoms with Crippen LogP contribution in [0.5, 0.6) is 0 Å². The summed E-state index contributed by atoms with van der Waals surface area (Å²) in [5, 5.41) is 10.1. The highest BCUT2D eigenvalue weighted by atomic mass is 19.1. The predicted molar refractivity (Wildman–Crippen MR) is 109 cm³/mol. The van der Waals surface area contributed by atoms with Crippen LogP contribution in [-0.4, -0.2) is 52.1 Å². The fourth-order valence-electron chi connectivity index (χ4n) is 5.44. The van der Waals surface area contributed by atoms with Crippen LogP contribution < -0.4 is 0 Å². The number of carbonyl (C=O) groups is 1. The van der Waals surface area contributed by atoms with Crippen LogP contribution in [0.3, 0.4) is 0 Å². The van der Waals surface area contributed by atoms with E-state index in [-0.39, 0.29) is 35.8 Å². The Labute approximate surface area is 170 Å². The Morgan fingerprint density at radius 1 is 1.07 bits per heavy atom. The Bertz CT molecular complexity index is 893. The van der Waals surface area contributed by atoms with Crippen LogP contribution in [0.2, 0.25) is 0 Å². The molecule has 29 heavy (non-hydrogen) atoms. The SMILES string of the molecule is O=C(CC1CC1)N1[C@H](CO)[C@@H](c2ccccc2)C12CN(Cc1ccccc1F)C2. The summed E-state index contributed by atoms with van der Waals surface area (Å²) in [6.45, 7) is 1.96. The van der Waals surface area contributed by atoms with Gasteiger partial charge in [0.2, 0.25) is 5.91 Å². The molecule has 2 aromatic carbocycles.